The maximum absolute atomic E-state index is 11.5. The van der Waals surface area contributed by atoms with Gasteiger partial charge in [-0.25, -0.2) is 8.42 Å². The molecule has 94 valence electrons. The molecule has 0 N–H and O–H groups in total. The van der Waals surface area contributed by atoms with Crippen molar-refractivity contribution in [1.82, 2.24) is 0 Å². The minimum Gasteiger partial charge on any atom is -0.303 e. The molecule has 0 aromatic rings. The van der Waals surface area contributed by atoms with E-state index in [1.165, 1.54) is 6.26 Å². The topological polar surface area (TPSA) is 51.2 Å². The fourth-order valence-corrected chi connectivity index (χ4v) is 4.71. The fraction of sp³-hybridized carbons (Fsp3) is 0.917. The molecular formula is C12H22O3S. The Morgan fingerprint density at radius 1 is 1.31 bits per heavy atom. The van der Waals surface area contributed by atoms with E-state index in [2.05, 4.69) is 13.8 Å². The van der Waals surface area contributed by atoms with Crippen molar-refractivity contribution in [2.75, 3.05) is 12.0 Å². The molecule has 4 heteroatoms. The number of rotatable bonds is 4. The van der Waals surface area contributed by atoms with Gasteiger partial charge in [0.2, 0.25) is 0 Å². The highest BCUT2D eigenvalue weighted by Crippen LogP contribution is 2.57. The van der Waals surface area contributed by atoms with Crippen molar-refractivity contribution >= 4 is 16.1 Å². The summed E-state index contributed by atoms with van der Waals surface area (Å²) >= 11 is 0. The van der Waals surface area contributed by atoms with Gasteiger partial charge in [0.25, 0.3) is 0 Å². The first-order chi connectivity index (χ1) is 7.12. The number of hydrogen-bond acceptors (Lipinski definition) is 3. The third kappa shape index (κ3) is 2.47. The van der Waals surface area contributed by atoms with Crippen molar-refractivity contribution in [3.8, 4) is 0 Å². The predicted octanol–water partition coefficient (Wildman–Crippen LogP) is 2.06. The summed E-state index contributed by atoms with van der Waals surface area (Å²) in [5.74, 6) is 0.541. The molecular weight excluding hydrogens is 224 g/mol. The highest BCUT2D eigenvalue weighted by molar-refractivity contribution is 7.90. The van der Waals surface area contributed by atoms with E-state index < -0.39 is 9.84 Å². The van der Waals surface area contributed by atoms with Gasteiger partial charge in [-0.2, -0.15) is 0 Å². The molecule has 0 unspecified atom stereocenters. The minimum atomic E-state index is -2.96. The van der Waals surface area contributed by atoms with Crippen molar-refractivity contribution in [3.05, 3.63) is 0 Å². The smallest absolute Gasteiger partial charge is 0.148 e. The van der Waals surface area contributed by atoms with Gasteiger partial charge >= 0.3 is 0 Å². The Balaban J connectivity index is 2.95. The zero-order chi connectivity index (χ0) is 12.6. The first kappa shape index (κ1) is 13.7. The van der Waals surface area contributed by atoms with E-state index >= 15 is 0 Å². The lowest BCUT2D eigenvalue weighted by molar-refractivity contribution is -0.109. The second-order valence-electron chi connectivity index (χ2n) is 5.99. The average molecular weight is 246 g/mol. The number of hydrogen-bond donors (Lipinski definition) is 0. The maximum atomic E-state index is 11.5. The van der Waals surface area contributed by atoms with Crippen LogP contribution >= 0.6 is 0 Å². The van der Waals surface area contributed by atoms with Crippen LogP contribution in [0, 0.1) is 16.7 Å². The van der Waals surface area contributed by atoms with Crippen molar-refractivity contribution in [3.63, 3.8) is 0 Å². The van der Waals surface area contributed by atoms with Crippen LogP contribution in [0.4, 0.5) is 0 Å². The molecule has 2 atom stereocenters. The van der Waals surface area contributed by atoms with E-state index in [1.807, 2.05) is 6.92 Å². The number of aldehydes is 1. The van der Waals surface area contributed by atoms with Crippen LogP contribution in [0.1, 0.15) is 40.0 Å². The molecule has 0 radical (unpaired) electrons. The lowest BCUT2D eigenvalue weighted by Gasteiger charge is -2.41. The molecule has 3 nitrogen and oxygen atoms in total. The highest BCUT2D eigenvalue weighted by atomic mass is 32.2. The minimum absolute atomic E-state index is 0.0863. The van der Waals surface area contributed by atoms with Gasteiger partial charge in [-0.15, -0.1) is 0 Å². The van der Waals surface area contributed by atoms with E-state index in [0.29, 0.717) is 12.3 Å². The van der Waals surface area contributed by atoms with Crippen molar-refractivity contribution in [1.29, 1.82) is 0 Å². The summed E-state index contributed by atoms with van der Waals surface area (Å²) < 4.78 is 23.0. The Labute approximate surface area is 98.5 Å². The molecule has 1 saturated carbocycles. The summed E-state index contributed by atoms with van der Waals surface area (Å²) in [5.41, 5.74) is -0.286. The quantitative estimate of drug-likeness (QED) is 0.713. The highest BCUT2D eigenvalue weighted by Gasteiger charge is 2.52. The number of carbonyl (C=O) groups excluding carboxylic acids is 1. The first-order valence-corrected chi connectivity index (χ1v) is 7.80. The average Bonchev–Trinajstić information content (AvgIpc) is 2.26. The monoisotopic (exact) mass is 246 g/mol. The van der Waals surface area contributed by atoms with Crippen LogP contribution in [0.2, 0.25) is 0 Å². The van der Waals surface area contributed by atoms with Crippen LogP contribution in [-0.4, -0.2) is 26.7 Å². The van der Waals surface area contributed by atoms with Gasteiger partial charge in [-0.1, -0.05) is 20.8 Å². The summed E-state index contributed by atoms with van der Waals surface area (Å²) in [6, 6.07) is 0. The van der Waals surface area contributed by atoms with Crippen LogP contribution in [0.15, 0.2) is 0 Å². The molecule has 1 rings (SSSR count). The summed E-state index contributed by atoms with van der Waals surface area (Å²) in [6.45, 7) is 6.23. The van der Waals surface area contributed by atoms with Gasteiger partial charge in [0.1, 0.15) is 16.1 Å². The second-order valence-corrected chi connectivity index (χ2v) is 8.13. The fourth-order valence-electron chi connectivity index (χ4n) is 3.03. The molecule has 0 amide bonds. The molecule has 0 aliphatic heterocycles. The molecule has 0 bridgehead atoms. The molecule has 0 aromatic carbocycles. The number of sulfone groups is 1. The van der Waals surface area contributed by atoms with Crippen LogP contribution in [-0.2, 0) is 14.6 Å². The van der Waals surface area contributed by atoms with Gasteiger partial charge in [0.05, 0.1) is 5.75 Å². The van der Waals surface area contributed by atoms with Crippen molar-refractivity contribution in [2.45, 2.75) is 40.0 Å². The molecule has 1 fully saturated rings. The third-order valence-corrected chi connectivity index (χ3v) is 5.74. The van der Waals surface area contributed by atoms with Gasteiger partial charge < -0.3 is 4.79 Å². The second kappa shape index (κ2) is 4.13. The molecule has 0 aromatic heterocycles. The van der Waals surface area contributed by atoms with Gasteiger partial charge in [-0.3, -0.25) is 0 Å². The zero-order valence-electron chi connectivity index (χ0n) is 10.6. The molecule has 0 saturated heterocycles. The summed E-state index contributed by atoms with van der Waals surface area (Å²) in [4.78, 5) is 10.6. The Kier molecular flexibility index (Phi) is 3.53. The van der Waals surface area contributed by atoms with Gasteiger partial charge in [0, 0.05) is 12.7 Å². The van der Waals surface area contributed by atoms with Crippen LogP contribution < -0.4 is 0 Å². The summed E-state index contributed by atoms with van der Waals surface area (Å²) in [7, 11) is -2.96. The zero-order valence-corrected chi connectivity index (χ0v) is 11.4. The van der Waals surface area contributed by atoms with Gasteiger partial charge in [0.15, 0.2) is 0 Å². The maximum Gasteiger partial charge on any atom is 0.148 e. The van der Waals surface area contributed by atoms with E-state index in [0.717, 1.165) is 19.1 Å². The Morgan fingerprint density at radius 3 is 2.31 bits per heavy atom. The Bertz CT molecular complexity index is 370. The van der Waals surface area contributed by atoms with Crippen LogP contribution in [0.5, 0.6) is 0 Å². The lowest BCUT2D eigenvalue weighted by atomic mass is 9.66. The SMILES string of the molecule is CC1(C)[C@@H](CC=O)CC[C@]1(C)CS(C)(=O)=O. The van der Waals surface area contributed by atoms with E-state index in [4.69, 9.17) is 0 Å². The number of carbonyl (C=O) groups is 1. The normalized spacial score (nSPS) is 33.9. The molecule has 0 heterocycles. The van der Waals surface area contributed by atoms with E-state index in [9.17, 15) is 13.2 Å². The Morgan fingerprint density at radius 2 is 1.88 bits per heavy atom. The van der Waals surface area contributed by atoms with Gasteiger partial charge in [-0.05, 0) is 29.6 Å². The van der Waals surface area contributed by atoms with Crippen molar-refractivity contribution < 1.29 is 13.2 Å². The van der Waals surface area contributed by atoms with Crippen molar-refractivity contribution in [2.24, 2.45) is 16.7 Å². The molecule has 16 heavy (non-hydrogen) atoms. The largest absolute Gasteiger partial charge is 0.303 e. The van der Waals surface area contributed by atoms with E-state index in [1.54, 1.807) is 0 Å². The van der Waals surface area contributed by atoms with E-state index in [-0.39, 0.29) is 16.6 Å². The van der Waals surface area contributed by atoms with Crippen LogP contribution in [0.25, 0.3) is 0 Å². The Hall–Kier alpha value is -0.380. The molecule has 1 aliphatic carbocycles. The third-order valence-electron chi connectivity index (χ3n) is 4.58. The van der Waals surface area contributed by atoms with Crippen LogP contribution in [0.3, 0.4) is 0 Å². The molecule has 0 spiro atoms. The predicted molar refractivity (Wildman–Crippen MR) is 65.0 cm³/mol. The summed E-state index contributed by atoms with van der Waals surface area (Å²) in [5, 5.41) is 0. The first-order valence-electron chi connectivity index (χ1n) is 5.74. The lowest BCUT2D eigenvalue weighted by Crippen LogP contribution is -2.39. The summed E-state index contributed by atoms with van der Waals surface area (Å²) in [6.07, 6.45) is 4.65. The standard InChI is InChI=1S/C12H22O3S/c1-11(2)10(6-8-13)5-7-12(11,3)9-16(4,14)15/h8,10H,5-7,9H2,1-4H3/t10-,12-/m1/s1. The molecule has 1 aliphatic rings.